The summed E-state index contributed by atoms with van der Waals surface area (Å²) in [4.78, 5) is 0. The largest absolute Gasteiger partial charge is 0.435 e. The number of rotatable bonds is 2. The van der Waals surface area contributed by atoms with E-state index in [-0.39, 0.29) is 0 Å². The third-order valence-electron chi connectivity index (χ3n) is 1.52. The van der Waals surface area contributed by atoms with Gasteiger partial charge in [0.05, 0.1) is 5.69 Å². The van der Waals surface area contributed by atoms with E-state index in [1.54, 1.807) is 0 Å². The van der Waals surface area contributed by atoms with Crippen LogP contribution >= 0.6 is 0 Å². The zero-order valence-corrected chi connectivity index (χ0v) is 6.65. The molecule has 0 bridgehead atoms. The topological polar surface area (TPSA) is 54.7 Å². The van der Waals surface area contributed by atoms with Gasteiger partial charge < -0.3 is 5.73 Å². The Morgan fingerprint density at radius 1 is 1.36 bits per heavy atom. The summed E-state index contributed by atoms with van der Waals surface area (Å²) in [6.07, 6.45) is -7.59. The average molecular weight is 215 g/mol. The van der Waals surface area contributed by atoms with Gasteiger partial charge in [-0.1, -0.05) is 0 Å². The molecule has 0 radical (unpaired) electrons. The molecule has 0 amide bonds. The van der Waals surface area contributed by atoms with Gasteiger partial charge in [0.2, 0.25) is 0 Å². The van der Waals surface area contributed by atoms with Crippen molar-refractivity contribution < 1.29 is 22.0 Å². The van der Waals surface area contributed by atoms with Crippen LogP contribution in [0.3, 0.4) is 0 Å². The Bertz CT molecular complexity index is 305. The van der Waals surface area contributed by atoms with Crippen molar-refractivity contribution in [1.82, 2.24) is 10.2 Å². The van der Waals surface area contributed by atoms with E-state index in [0.29, 0.717) is 6.07 Å². The molecule has 3 nitrogen and oxygen atoms in total. The number of nitrogens with one attached hydrogen (secondary N) is 1. The molecule has 80 valence electrons. The number of hydrogen-bond acceptors (Lipinski definition) is 2. The van der Waals surface area contributed by atoms with E-state index in [0.717, 1.165) is 0 Å². The average Bonchev–Trinajstić information content (AvgIpc) is 2.49. The molecule has 0 fully saturated rings. The molecule has 8 heteroatoms. The molecule has 1 unspecified atom stereocenters. The molecular formula is C6H6F5N3. The van der Waals surface area contributed by atoms with E-state index < -0.39 is 30.0 Å². The van der Waals surface area contributed by atoms with Crippen LogP contribution in [0, 0.1) is 0 Å². The highest BCUT2D eigenvalue weighted by Crippen LogP contribution is 2.29. The first-order valence-corrected chi connectivity index (χ1v) is 3.48. The summed E-state index contributed by atoms with van der Waals surface area (Å²) in [5.41, 5.74) is 3.21. The molecule has 0 saturated carbocycles. The Kier molecular flexibility index (Phi) is 2.74. The molecule has 14 heavy (non-hydrogen) atoms. The molecule has 1 aromatic rings. The van der Waals surface area contributed by atoms with Crippen molar-refractivity contribution in [3.8, 4) is 0 Å². The van der Waals surface area contributed by atoms with Crippen LogP contribution in [-0.4, -0.2) is 16.6 Å². The van der Waals surface area contributed by atoms with Gasteiger partial charge in [-0.25, -0.2) is 8.78 Å². The molecular weight excluding hydrogens is 209 g/mol. The molecule has 0 aromatic carbocycles. The summed E-state index contributed by atoms with van der Waals surface area (Å²) in [5.74, 6) is 0. The fraction of sp³-hybridized carbons (Fsp3) is 0.500. The third-order valence-corrected chi connectivity index (χ3v) is 1.52. The SMILES string of the molecule is NC(c1cc(C(F)(F)F)n[nH]1)C(F)F. The second-order valence-electron chi connectivity index (χ2n) is 2.57. The highest BCUT2D eigenvalue weighted by Gasteiger charge is 2.35. The van der Waals surface area contributed by atoms with Gasteiger partial charge in [-0.05, 0) is 6.07 Å². The third kappa shape index (κ3) is 2.19. The predicted octanol–water partition coefficient (Wildman–Crippen LogP) is 1.69. The van der Waals surface area contributed by atoms with E-state index in [9.17, 15) is 22.0 Å². The Balaban J connectivity index is 2.89. The van der Waals surface area contributed by atoms with Gasteiger partial charge >= 0.3 is 6.18 Å². The first-order valence-electron chi connectivity index (χ1n) is 3.48. The summed E-state index contributed by atoms with van der Waals surface area (Å²) in [6.45, 7) is 0. The van der Waals surface area contributed by atoms with Crippen LogP contribution in [0.2, 0.25) is 0 Å². The quantitative estimate of drug-likeness (QED) is 0.737. The standard InChI is InChI=1S/C6H6F5N3/c7-5(8)4(12)2-1-3(14-13-2)6(9,10)11/h1,4-5H,12H2,(H,13,14). The zero-order valence-electron chi connectivity index (χ0n) is 6.65. The van der Waals surface area contributed by atoms with Crippen molar-refractivity contribution >= 4 is 0 Å². The minimum atomic E-state index is -4.66. The van der Waals surface area contributed by atoms with Crippen molar-refractivity contribution in [3.63, 3.8) is 0 Å². The molecule has 1 rings (SSSR count). The number of H-pyrrole nitrogens is 1. The smallest absolute Gasteiger partial charge is 0.318 e. The number of aromatic nitrogens is 2. The predicted molar refractivity (Wildman–Crippen MR) is 36.5 cm³/mol. The Labute approximate surface area is 75.1 Å². The Morgan fingerprint density at radius 2 is 1.93 bits per heavy atom. The lowest BCUT2D eigenvalue weighted by Crippen LogP contribution is -2.19. The van der Waals surface area contributed by atoms with Crippen molar-refractivity contribution in [3.05, 3.63) is 17.5 Å². The highest BCUT2D eigenvalue weighted by molar-refractivity contribution is 5.15. The summed E-state index contributed by atoms with van der Waals surface area (Å²) >= 11 is 0. The number of nitrogens with zero attached hydrogens (tertiary/aromatic N) is 1. The van der Waals surface area contributed by atoms with E-state index in [1.165, 1.54) is 0 Å². The normalized spacial score (nSPS) is 14.8. The second-order valence-corrected chi connectivity index (χ2v) is 2.57. The monoisotopic (exact) mass is 215 g/mol. The van der Waals surface area contributed by atoms with Crippen molar-refractivity contribution in [2.24, 2.45) is 5.73 Å². The first-order chi connectivity index (χ1) is 6.32. The van der Waals surface area contributed by atoms with E-state index >= 15 is 0 Å². The molecule has 1 atom stereocenters. The summed E-state index contributed by atoms with van der Waals surface area (Å²) in [7, 11) is 0. The maximum atomic E-state index is 12.0. The zero-order chi connectivity index (χ0) is 10.9. The first kappa shape index (κ1) is 10.9. The van der Waals surface area contributed by atoms with Crippen LogP contribution in [0.4, 0.5) is 22.0 Å². The number of hydrogen-bond donors (Lipinski definition) is 2. The fourth-order valence-corrected chi connectivity index (χ4v) is 0.788. The Hall–Kier alpha value is -1.18. The number of halogens is 5. The van der Waals surface area contributed by atoms with Gasteiger partial charge in [-0.15, -0.1) is 0 Å². The van der Waals surface area contributed by atoms with E-state index in [1.807, 2.05) is 5.10 Å². The molecule has 0 aliphatic carbocycles. The number of nitrogens with two attached hydrogens (primary N) is 1. The minimum Gasteiger partial charge on any atom is -0.318 e. The van der Waals surface area contributed by atoms with E-state index in [2.05, 4.69) is 5.10 Å². The van der Waals surface area contributed by atoms with Gasteiger partial charge in [-0.2, -0.15) is 18.3 Å². The summed E-state index contributed by atoms with van der Waals surface area (Å²) in [6, 6.07) is -1.31. The second kappa shape index (κ2) is 3.52. The lowest BCUT2D eigenvalue weighted by molar-refractivity contribution is -0.141. The molecule has 0 spiro atoms. The lowest BCUT2D eigenvalue weighted by atomic mass is 10.2. The van der Waals surface area contributed by atoms with E-state index in [4.69, 9.17) is 5.73 Å². The number of aromatic amines is 1. The van der Waals surface area contributed by atoms with Crippen LogP contribution in [-0.2, 0) is 6.18 Å². The molecule has 0 aliphatic heterocycles. The maximum absolute atomic E-state index is 12.0. The van der Waals surface area contributed by atoms with Crippen LogP contribution in [0.25, 0.3) is 0 Å². The molecule has 3 N–H and O–H groups in total. The van der Waals surface area contributed by atoms with Crippen LogP contribution in [0.1, 0.15) is 17.4 Å². The maximum Gasteiger partial charge on any atom is 0.435 e. The van der Waals surface area contributed by atoms with Crippen LogP contribution in [0.5, 0.6) is 0 Å². The van der Waals surface area contributed by atoms with Gasteiger partial charge in [-0.3, -0.25) is 5.10 Å². The highest BCUT2D eigenvalue weighted by atomic mass is 19.4. The fourth-order valence-electron chi connectivity index (χ4n) is 0.788. The molecule has 1 aromatic heterocycles. The summed E-state index contributed by atoms with van der Waals surface area (Å²) in [5, 5.41) is 4.65. The molecule has 0 saturated heterocycles. The van der Waals surface area contributed by atoms with Crippen molar-refractivity contribution in [2.75, 3.05) is 0 Å². The Morgan fingerprint density at radius 3 is 2.29 bits per heavy atom. The van der Waals surface area contributed by atoms with Crippen molar-refractivity contribution in [1.29, 1.82) is 0 Å². The van der Waals surface area contributed by atoms with Gasteiger partial charge in [0.1, 0.15) is 6.04 Å². The van der Waals surface area contributed by atoms with Gasteiger partial charge in [0.15, 0.2) is 5.69 Å². The molecule has 0 aliphatic rings. The molecule has 1 heterocycles. The van der Waals surface area contributed by atoms with Gasteiger partial charge in [0, 0.05) is 0 Å². The van der Waals surface area contributed by atoms with Gasteiger partial charge in [0.25, 0.3) is 6.43 Å². The van der Waals surface area contributed by atoms with Crippen LogP contribution < -0.4 is 5.73 Å². The minimum absolute atomic E-state index is 0.438. The summed E-state index contributed by atoms with van der Waals surface area (Å²) < 4.78 is 59.8. The number of alkyl halides is 5. The van der Waals surface area contributed by atoms with Crippen LogP contribution in [0.15, 0.2) is 6.07 Å². The lowest BCUT2D eigenvalue weighted by Gasteiger charge is -2.06. The van der Waals surface area contributed by atoms with Crippen molar-refractivity contribution in [2.45, 2.75) is 18.6 Å².